The maximum absolute atomic E-state index is 13.4. The van der Waals surface area contributed by atoms with E-state index in [-0.39, 0.29) is 11.2 Å². The highest BCUT2D eigenvalue weighted by molar-refractivity contribution is 6.28. The number of para-hydroxylation sites is 1. The molecule has 2 N–H and O–H groups in total. The van der Waals surface area contributed by atoms with Crippen molar-refractivity contribution in [2.45, 2.75) is 13.5 Å². The van der Waals surface area contributed by atoms with E-state index >= 15 is 0 Å². The number of hydrogen-bond donors (Lipinski definition) is 2. The van der Waals surface area contributed by atoms with Gasteiger partial charge in [-0.05, 0) is 66.0 Å². The molecule has 1 aromatic heterocycles. The number of anilines is 2. The van der Waals surface area contributed by atoms with Crippen molar-refractivity contribution in [3.05, 3.63) is 94.5 Å². The molecule has 5 nitrogen and oxygen atoms in total. The Bertz CT molecular complexity index is 1230. The molecule has 0 aliphatic carbocycles. The summed E-state index contributed by atoms with van der Waals surface area (Å²) in [5.41, 5.74) is 3.42. The first-order chi connectivity index (χ1) is 14.5. The Morgan fingerprint density at radius 2 is 1.80 bits per heavy atom. The van der Waals surface area contributed by atoms with Crippen LogP contribution in [0.1, 0.15) is 21.5 Å². The van der Waals surface area contributed by atoms with E-state index in [1.54, 1.807) is 25.1 Å². The van der Waals surface area contributed by atoms with Crippen molar-refractivity contribution in [2.75, 3.05) is 10.6 Å². The van der Waals surface area contributed by atoms with Crippen LogP contribution in [0, 0.1) is 12.7 Å². The minimum Gasteiger partial charge on any atom is -0.365 e. The summed E-state index contributed by atoms with van der Waals surface area (Å²) in [5.74, 6) is -0.131. The fraction of sp³-hybridized carbons (Fsp3) is 0.0870. The number of nitrogens with one attached hydrogen (secondary N) is 2. The summed E-state index contributed by atoms with van der Waals surface area (Å²) in [6.07, 6.45) is 0. The maximum Gasteiger partial charge on any atom is 0.256 e. The van der Waals surface area contributed by atoms with Crippen LogP contribution in [0.4, 0.5) is 15.9 Å². The molecule has 0 bridgehead atoms. The van der Waals surface area contributed by atoms with E-state index in [9.17, 15) is 9.18 Å². The Morgan fingerprint density at radius 3 is 2.60 bits per heavy atom. The Kier molecular flexibility index (Phi) is 5.59. The Morgan fingerprint density at radius 1 is 1.03 bits per heavy atom. The third kappa shape index (κ3) is 4.39. The predicted molar refractivity (Wildman–Crippen MR) is 117 cm³/mol. The molecule has 150 valence electrons. The number of hydrogen-bond acceptors (Lipinski definition) is 4. The van der Waals surface area contributed by atoms with Crippen LogP contribution in [-0.2, 0) is 6.54 Å². The van der Waals surface area contributed by atoms with Crippen LogP contribution in [0.25, 0.3) is 10.9 Å². The van der Waals surface area contributed by atoms with Gasteiger partial charge in [-0.2, -0.15) is 0 Å². The molecule has 0 radical (unpaired) electrons. The second-order valence-corrected chi connectivity index (χ2v) is 7.16. The van der Waals surface area contributed by atoms with Gasteiger partial charge in [0.2, 0.25) is 5.28 Å². The van der Waals surface area contributed by atoms with Crippen molar-refractivity contribution >= 4 is 39.9 Å². The number of nitrogens with zero attached hydrogens (tertiary/aromatic N) is 2. The summed E-state index contributed by atoms with van der Waals surface area (Å²) in [6.45, 7) is 2.29. The van der Waals surface area contributed by atoms with Crippen LogP contribution >= 0.6 is 11.6 Å². The summed E-state index contributed by atoms with van der Waals surface area (Å²) in [5, 5.41) is 7.14. The summed E-state index contributed by atoms with van der Waals surface area (Å²) in [4.78, 5) is 20.9. The second-order valence-electron chi connectivity index (χ2n) is 6.82. The van der Waals surface area contributed by atoms with Crippen molar-refractivity contribution in [1.29, 1.82) is 0 Å². The van der Waals surface area contributed by atoms with Crippen LogP contribution in [-0.4, -0.2) is 15.9 Å². The van der Waals surface area contributed by atoms with E-state index in [0.29, 0.717) is 29.2 Å². The lowest BCUT2D eigenvalue weighted by atomic mass is 10.1. The van der Waals surface area contributed by atoms with E-state index < -0.39 is 5.82 Å². The molecule has 0 aliphatic heterocycles. The van der Waals surface area contributed by atoms with Gasteiger partial charge in [0.15, 0.2) is 0 Å². The van der Waals surface area contributed by atoms with Crippen molar-refractivity contribution in [1.82, 2.24) is 9.97 Å². The molecule has 4 aromatic rings. The first kappa shape index (κ1) is 19.8. The molecule has 0 spiro atoms. The third-order valence-corrected chi connectivity index (χ3v) is 4.86. The van der Waals surface area contributed by atoms with E-state index in [1.165, 1.54) is 12.1 Å². The molecule has 0 fully saturated rings. The number of aryl methyl sites for hydroxylation is 1. The summed E-state index contributed by atoms with van der Waals surface area (Å²) in [6, 6.07) is 19.2. The highest BCUT2D eigenvalue weighted by atomic mass is 35.5. The second kappa shape index (κ2) is 8.47. The van der Waals surface area contributed by atoms with Gasteiger partial charge in [-0.15, -0.1) is 0 Å². The smallest absolute Gasteiger partial charge is 0.256 e. The molecule has 7 heteroatoms. The van der Waals surface area contributed by atoms with Crippen LogP contribution in [0.5, 0.6) is 0 Å². The number of carbonyl (C=O) groups is 1. The molecule has 0 saturated heterocycles. The standard InChI is InChI=1S/C23H18ClFN4O/c1-14-6-9-16(25)12-19(14)22(30)27-17-10-7-15(8-11-17)13-26-21-18-4-2-3-5-20(18)28-23(24)29-21/h2-12H,13H2,1H3,(H,27,30)(H,26,28,29). The first-order valence-corrected chi connectivity index (χ1v) is 9.70. The van der Waals surface area contributed by atoms with Gasteiger partial charge in [-0.25, -0.2) is 14.4 Å². The number of carbonyl (C=O) groups excluding carboxylic acids is 1. The zero-order chi connectivity index (χ0) is 21.1. The van der Waals surface area contributed by atoms with Gasteiger partial charge in [0.05, 0.1) is 5.52 Å². The largest absolute Gasteiger partial charge is 0.365 e. The fourth-order valence-corrected chi connectivity index (χ4v) is 3.29. The highest BCUT2D eigenvalue weighted by Crippen LogP contribution is 2.22. The quantitative estimate of drug-likeness (QED) is 0.413. The van der Waals surface area contributed by atoms with Crippen molar-refractivity contribution < 1.29 is 9.18 Å². The van der Waals surface area contributed by atoms with Gasteiger partial charge < -0.3 is 10.6 Å². The minimum atomic E-state index is -0.440. The van der Waals surface area contributed by atoms with Crippen LogP contribution in [0.15, 0.2) is 66.7 Å². The SMILES string of the molecule is Cc1ccc(F)cc1C(=O)Nc1ccc(CNc2nc(Cl)nc3ccccc23)cc1. The number of aromatic nitrogens is 2. The van der Waals surface area contributed by atoms with Gasteiger partial charge in [0.1, 0.15) is 11.6 Å². The number of benzene rings is 3. The number of fused-ring (bicyclic) bond motifs is 1. The van der Waals surface area contributed by atoms with Gasteiger partial charge in [0, 0.05) is 23.2 Å². The summed E-state index contributed by atoms with van der Waals surface area (Å²) < 4.78 is 13.4. The van der Waals surface area contributed by atoms with E-state index in [1.807, 2.05) is 36.4 Å². The highest BCUT2D eigenvalue weighted by Gasteiger charge is 2.11. The lowest BCUT2D eigenvalue weighted by Gasteiger charge is -2.11. The molecule has 0 atom stereocenters. The molecular weight excluding hydrogens is 403 g/mol. The molecule has 0 aliphatic rings. The molecule has 0 unspecified atom stereocenters. The monoisotopic (exact) mass is 420 g/mol. The van der Waals surface area contributed by atoms with Gasteiger partial charge in [0.25, 0.3) is 5.91 Å². The summed E-state index contributed by atoms with van der Waals surface area (Å²) in [7, 11) is 0. The first-order valence-electron chi connectivity index (χ1n) is 9.32. The number of amides is 1. The van der Waals surface area contributed by atoms with Crippen molar-refractivity contribution in [2.24, 2.45) is 0 Å². The summed E-state index contributed by atoms with van der Waals surface area (Å²) >= 11 is 6.02. The van der Waals surface area contributed by atoms with Gasteiger partial charge in [-0.3, -0.25) is 4.79 Å². The third-order valence-electron chi connectivity index (χ3n) is 4.69. The van der Waals surface area contributed by atoms with E-state index in [0.717, 1.165) is 16.5 Å². The maximum atomic E-state index is 13.4. The number of halogens is 2. The predicted octanol–water partition coefficient (Wildman–Crippen LogP) is 5.60. The fourth-order valence-electron chi connectivity index (χ4n) is 3.11. The average molecular weight is 421 g/mol. The van der Waals surface area contributed by atoms with Gasteiger partial charge >= 0.3 is 0 Å². The lowest BCUT2D eigenvalue weighted by molar-refractivity contribution is 0.102. The van der Waals surface area contributed by atoms with Crippen LogP contribution in [0.3, 0.4) is 0 Å². The molecule has 1 heterocycles. The molecule has 0 saturated carbocycles. The van der Waals surface area contributed by atoms with Crippen molar-refractivity contribution in [3.8, 4) is 0 Å². The topological polar surface area (TPSA) is 66.9 Å². The Hall–Kier alpha value is -3.51. The van der Waals surface area contributed by atoms with Crippen molar-refractivity contribution in [3.63, 3.8) is 0 Å². The molecular formula is C23H18ClFN4O. The zero-order valence-corrected chi connectivity index (χ0v) is 16.9. The van der Waals surface area contributed by atoms with Crippen LogP contribution in [0.2, 0.25) is 5.28 Å². The Balaban J connectivity index is 1.44. The van der Waals surface area contributed by atoms with Crippen LogP contribution < -0.4 is 10.6 Å². The normalized spacial score (nSPS) is 10.8. The lowest BCUT2D eigenvalue weighted by Crippen LogP contribution is -2.13. The molecule has 3 aromatic carbocycles. The van der Waals surface area contributed by atoms with Gasteiger partial charge in [-0.1, -0.05) is 30.3 Å². The molecule has 30 heavy (non-hydrogen) atoms. The molecule has 1 amide bonds. The Labute approximate surface area is 177 Å². The zero-order valence-electron chi connectivity index (χ0n) is 16.1. The molecule has 4 rings (SSSR count). The average Bonchev–Trinajstić information content (AvgIpc) is 2.74. The number of rotatable bonds is 5. The minimum absolute atomic E-state index is 0.182. The van der Waals surface area contributed by atoms with E-state index in [2.05, 4.69) is 20.6 Å². The van der Waals surface area contributed by atoms with E-state index in [4.69, 9.17) is 11.6 Å².